The molecule has 0 aromatic rings. The van der Waals surface area contributed by atoms with Crippen molar-refractivity contribution in [2.75, 3.05) is 0 Å². The molecule has 0 saturated carbocycles. The predicted octanol–water partition coefficient (Wildman–Crippen LogP) is -0.865. The molecular formula is C2CdCl2O4. The molecule has 0 amide bonds. The second-order valence-electron chi connectivity index (χ2n) is 0.475. The molecule has 0 aromatic carbocycles. The van der Waals surface area contributed by atoms with Crippen LogP contribution < -0.4 is 10.2 Å². The molecule has 0 bridgehead atoms. The Labute approximate surface area is 80.9 Å². The number of hydrogen-bond acceptors (Lipinski definition) is 4. The smallest absolute Gasteiger partial charge is 0.534 e. The maximum Gasteiger partial charge on any atom is 2.00 e. The fraction of sp³-hybridized carbons (Fsp3) is 0. The van der Waals surface area contributed by atoms with Gasteiger partial charge in [-0.05, 0) is 0 Å². The van der Waals surface area contributed by atoms with Gasteiger partial charge in [0.2, 0.25) is 0 Å². The molecule has 0 aromatic heterocycles. The molecule has 0 fully saturated rings. The Kier molecular flexibility index (Phi) is 20.3. The maximum atomic E-state index is 8.65. The van der Waals surface area contributed by atoms with Crippen LogP contribution >= 0.6 is 23.2 Å². The van der Waals surface area contributed by atoms with E-state index in [1.807, 2.05) is 0 Å². The van der Waals surface area contributed by atoms with Gasteiger partial charge in [0.25, 0.3) is 0 Å². The predicted molar refractivity (Wildman–Crippen MR) is 22.5 cm³/mol. The number of carbonyl (C=O) groups excluding carboxylic acids is 2. The van der Waals surface area contributed by atoms with Crippen LogP contribution in [0.1, 0.15) is 0 Å². The van der Waals surface area contributed by atoms with Gasteiger partial charge in [-0.15, -0.1) is 0 Å². The molecule has 0 rings (SSSR count). The molecular weight excluding hydrogens is 271 g/mol. The molecule has 0 saturated heterocycles. The Balaban J connectivity index is -0.0000000720. The van der Waals surface area contributed by atoms with E-state index in [2.05, 4.69) is 23.2 Å². The molecule has 0 aliphatic rings. The summed E-state index contributed by atoms with van der Waals surface area (Å²) < 4.78 is 0. The number of carbonyl (C=O) groups is 2. The van der Waals surface area contributed by atoms with Gasteiger partial charge in [-0.3, -0.25) is 0 Å². The molecule has 0 unspecified atom stereocenters. The van der Waals surface area contributed by atoms with Crippen LogP contribution in [0.15, 0.2) is 0 Å². The van der Waals surface area contributed by atoms with E-state index in [1.165, 1.54) is 0 Å². The van der Waals surface area contributed by atoms with Crippen molar-refractivity contribution in [1.82, 2.24) is 0 Å². The van der Waals surface area contributed by atoms with Crippen LogP contribution in [-0.4, -0.2) is 10.9 Å². The van der Waals surface area contributed by atoms with Crippen molar-refractivity contribution in [1.29, 1.82) is 0 Å². The summed E-state index contributed by atoms with van der Waals surface area (Å²) in [6, 6.07) is 0. The van der Waals surface area contributed by atoms with Crippen LogP contribution in [-0.2, 0) is 27.3 Å². The summed E-state index contributed by atoms with van der Waals surface area (Å²) in [5, 5.41) is 17.3. The van der Waals surface area contributed by atoms with E-state index < -0.39 is 10.9 Å². The van der Waals surface area contributed by atoms with E-state index in [9.17, 15) is 0 Å². The molecule has 4 nitrogen and oxygen atoms in total. The summed E-state index contributed by atoms with van der Waals surface area (Å²) >= 11 is 8.16. The zero-order chi connectivity index (χ0) is 7.15. The number of rotatable bonds is 0. The van der Waals surface area contributed by atoms with Crippen LogP contribution in [0, 0.1) is 0 Å². The summed E-state index contributed by atoms with van der Waals surface area (Å²) in [6.45, 7) is 0. The molecule has 48 valence electrons. The molecule has 0 N–H and O–H groups in total. The molecule has 7 heteroatoms. The number of halogens is 2. The third-order valence-electron chi connectivity index (χ3n) is 0. The van der Waals surface area contributed by atoms with E-state index in [1.54, 1.807) is 0 Å². The Morgan fingerprint density at radius 2 is 1.00 bits per heavy atom. The second-order valence-corrected chi connectivity index (χ2v) is 1.09. The van der Waals surface area contributed by atoms with Crippen LogP contribution in [0.5, 0.6) is 0 Å². The van der Waals surface area contributed by atoms with Crippen molar-refractivity contribution >= 4 is 34.1 Å². The third kappa shape index (κ3) is 1790. The Morgan fingerprint density at radius 1 is 1.00 bits per heavy atom. The molecule has 0 aliphatic heterocycles. The average molecular weight is 271 g/mol. The van der Waals surface area contributed by atoms with Crippen LogP contribution in [0.4, 0.5) is 9.59 Å². The standard InChI is InChI=1S/2CHClO2.Cd/c2*2-1(3)4;/h2*(H,3,4);/q;;+2/p-2. The zero-order valence-corrected chi connectivity index (χ0v) is 9.64. The maximum absolute atomic E-state index is 8.65. The largest absolute Gasteiger partial charge is 2.00 e. The SMILES string of the molecule is O=C([O-])Cl.O=C([O-])Cl.[Cd+2]. The van der Waals surface area contributed by atoms with Gasteiger partial charge in [0, 0.05) is 0 Å². The fourth-order valence-electron chi connectivity index (χ4n) is 0. The van der Waals surface area contributed by atoms with Gasteiger partial charge in [-0.1, -0.05) is 23.2 Å². The first kappa shape index (κ1) is 16.2. The van der Waals surface area contributed by atoms with Gasteiger partial charge in [-0.2, -0.15) is 0 Å². The second kappa shape index (κ2) is 11.3. The average Bonchev–Trinajstić information content (AvgIpc) is 1.25. The Morgan fingerprint density at radius 3 is 1.00 bits per heavy atom. The van der Waals surface area contributed by atoms with Crippen molar-refractivity contribution in [2.45, 2.75) is 0 Å². The molecule has 0 heterocycles. The summed E-state index contributed by atoms with van der Waals surface area (Å²) in [7, 11) is 0. The monoisotopic (exact) mass is 272 g/mol. The van der Waals surface area contributed by atoms with Crippen molar-refractivity contribution < 1.29 is 47.1 Å². The van der Waals surface area contributed by atoms with Gasteiger partial charge in [0.15, 0.2) is 0 Å². The topological polar surface area (TPSA) is 80.3 Å². The molecule has 0 atom stereocenters. The zero-order valence-electron chi connectivity index (χ0n) is 4.10. The van der Waals surface area contributed by atoms with Crippen molar-refractivity contribution in [2.24, 2.45) is 0 Å². The molecule has 0 spiro atoms. The summed E-state index contributed by atoms with van der Waals surface area (Å²) in [5.74, 6) is 0. The quantitative estimate of drug-likeness (QED) is 0.424. The van der Waals surface area contributed by atoms with E-state index in [-0.39, 0.29) is 27.3 Å². The third-order valence-corrected chi connectivity index (χ3v) is 0. The summed E-state index contributed by atoms with van der Waals surface area (Å²) in [4.78, 5) is 17.3. The van der Waals surface area contributed by atoms with E-state index in [0.29, 0.717) is 0 Å². The minimum absolute atomic E-state index is 0. The van der Waals surface area contributed by atoms with Crippen molar-refractivity contribution in [3.05, 3.63) is 0 Å². The molecule has 0 aliphatic carbocycles. The number of carboxylic acid groups (broad SMARTS) is 2. The van der Waals surface area contributed by atoms with Gasteiger partial charge in [-0.25, -0.2) is 0 Å². The summed E-state index contributed by atoms with van der Waals surface area (Å²) in [5.41, 5.74) is -3.22. The van der Waals surface area contributed by atoms with Crippen molar-refractivity contribution in [3.8, 4) is 0 Å². The Bertz CT molecular complexity index is 74.6. The molecule has 9 heavy (non-hydrogen) atoms. The van der Waals surface area contributed by atoms with Crippen molar-refractivity contribution in [3.63, 3.8) is 0 Å². The number of hydrogen-bond donors (Lipinski definition) is 0. The first-order valence-corrected chi connectivity index (χ1v) is 1.95. The van der Waals surface area contributed by atoms with Gasteiger partial charge < -0.3 is 19.8 Å². The Hall–Kier alpha value is 0.442. The fourth-order valence-corrected chi connectivity index (χ4v) is 0. The minimum atomic E-state index is -1.61. The van der Waals surface area contributed by atoms with Gasteiger partial charge in [0.1, 0.15) is 10.9 Å². The summed E-state index contributed by atoms with van der Waals surface area (Å²) in [6.07, 6.45) is 0. The van der Waals surface area contributed by atoms with Crippen LogP contribution in [0.3, 0.4) is 0 Å². The van der Waals surface area contributed by atoms with E-state index in [4.69, 9.17) is 19.8 Å². The first-order valence-electron chi connectivity index (χ1n) is 1.19. The minimum Gasteiger partial charge on any atom is -0.534 e. The first-order chi connectivity index (χ1) is 3.46. The van der Waals surface area contributed by atoms with E-state index >= 15 is 0 Å². The van der Waals surface area contributed by atoms with E-state index in [0.717, 1.165) is 0 Å². The normalized spacial score (nSPS) is 5.56. The van der Waals surface area contributed by atoms with Crippen LogP contribution in [0.25, 0.3) is 0 Å². The van der Waals surface area contributed by atoms with Crippen LogP contribution in [0.2, 0.25) is 0 Å². The van der Waals surface area contributed by atoms with Gasteiger partial charge in [0.05, 0.1) is 0 Å². The molecule has 0 radical (unpaired) electrons. The van der Waals surface area contributed by atoms with Gasteiger partial charge >= 0.3 is 27.3 Å².